The molecule has 1 aliphatic rings. The third kappa shape index (κ3) is 3.43. The molecule has 0 fully saturated rings. The van der Waals surface area contributed by atoms with Crippen LogP contribution in [-0.2, 0) is 16.1 Å². The Kier molecular flexibility index (Phi) is 5.17. The van der Waals surface area contributed by atoms with Crippen LogP contribution in [0.5, 0.6) is 0 Å². The Hall–Kier alpha value is -2.62. The lowest BCUT2D eigenvalue weighted by Gasteiger charge is -2.18. The van der Waals surface area contributed by atoms with Crippen LogP contribution in [0, 0.1) is 0 Å². The van der Waals surface area contributed by atoms with Gasteiger partial charge in [-0.3, -0.25) is 9.59 Å². The van der Waals surface area contributed by atoms with Crippen LogP contribution in [0.4, 0.5) is 5.69 Å². The Morgan fingerprint density at radius 3 is 2.52 bits per heavy atom. The number of benzene rings is 2. The monoisotopic (exact) mass is 337 g/mol. The van der Waals surface area contributed by atoms with Crippen molar-refractivity contribution in [3.8, 4) is 0 Å². The van der Waals surface area contributed by atoms with Crippen molar-refractivity contribution in [3.63, 3.8) is 0 Å². The van der Waals surface area contributed by atoms with Gasteiger partial charge in [-0.05, 0) is 35.7 Å². The second kappa shape index (κ2) is 7.51. The molecule has 0 saturated carbocycles. The van der Waals surface area contributed by atoms with E-state index in [-0.39, 0.29) is 17.8 Å². The summed E-state index contributed by atoms with van der Waals surface area (Å²) in [6.45, 7) is 2.69. The molecule has 1 amide bonds. The molecule has 0 N–H and O–H groups in total. The smallest absolute Gasteiger partial charge is 0.313 e. The minimum atomic E-state index is -0.245. The van der Waals surface area contributed by atoms with Crippen molar-refractivity contribution in [3.05, 3.63) is 65.2 Å². The van der Waals surface area contributed by atoms with Crippen LogP contribution in [-0.4, -0.2) is 19.0 Å². The minimum absolute atomic E-state index is 0.0267. The van der Waals surface area contributed by atoms with Crippen LogP contribution in [0.3, 0.4) is 0 Å². The number of ether oxygens (including phenoxy) is 1. The number of methoxy groups -OCH3 is 1. The molecule has 0 spiro atoms. The molecule has 1 heterocycles. The maximum Gasteiger partial charge on any atom is 0.313 e. The molecule has 1 unspecified atom stereocenters. The lowest BCUT2D eigenvalue weighted by molar-refractivity contribution is -0.142. The van der Waals surface area contributed by atoms with E-state index in [0.29, 0.717) is 6.54 Å². The highest BCUT2D eigenvalue weighted by Gasteiger charge is 2.28. The van der Waals surface area contributed by atoms with E-state index in [1.807, 2.05) is 48.5 Å². The summed E-state index contributed by atoms with van der Waals surface area (Å²) < 4.78 is 4.95. The number of esters is 1. The van der Waals surface area contributed by atoms with Gasteiger partial charge in [0.15, 0.2) is 0 Å². The molecule has 3 rings (SSSR count). The quantitative estimate of drug-likeness (QED) is 0.739. The molecular weight excluding hydrogens is 314 g/mol. The summed E-state index contributed by atoms with van der Waals surface area (Å²) in [7, 11) is 1.43. The standard InChI is InChI=1S/C21H23NO3/c1-3-4-8-19(21(24)25-2)15-10-12-17(13-11-15)22-14-16-7-5-6-9-18(16)20(22)23/h5-7,9-13,19H,3-4,8,14H2,1-2H3. The van der Waals surface area contributed by atoms with E-state index in [1.54, 1.807) is 4.90 Å². The van der Waals surface area contributed by atoms with E-state index in [2.05, 4.69) is 6.92 Å². The first-order valence-corrected chi connectivity index (χ1v) is 8.73. The SMILES string of the molecule is CCCCC(C(=O)OC)c1ccc(N2Cc3ccccc3C2=O)cc1. The van der Waals surface area contributed by atoms with Gasteiger partial charge in [0, 0.05) is 11.3 Å². The summed E-state index contributed by atoms with van der Waals surface area (Å²) in [6, 6.07) is 15.4. The normalized spacial score (nSPS) is 14.3. The maximum absolute atomic E-state index is 12.6. The number of rotatable bonds is 6. The fourth-order valence-electron chi connectivity index (χ4n) is 3.32. The first-order valence-electron chi connectivity index (χ1n) is 8.73. The second-order valence-corrected chi connectivity index (χ2v) is 6.36. The second-order valence-electron chi connectivity index (χ2n) is 6.36. The minimum Gasteiger partial charge on any atom is -0.469 e. The molecule has 0 bridgehead atoms. The summed E-state index contributed by atoms with van der Waals surface area (Å²) >= 11 is 0. The molecule has 2 aromatic carbocycles. The van der Waals surface area contributed by atoms with E-state index in [9.17, 15) is 9.59 Å². The van der Waals surface area contributed by atoms with Crippen molar-refractivity contribution in [2.24, 2.45) is 0 Å². The summed E-state index contributed by atoms with van der Waals surface area (Å²) in [5.74, 6) is -0.421. The Morgan fingerprint density at radius 1 is 1.16 bits per heavy atom. The number of anilines is 1. The van der Waals surface area contributed by atoms with Crippen molar-refractivity contribution in [2.45, 2.75) is 38.6 Å². The fraction of sp³-hybridized carbons (Fsp3) is 0.333. The maximum atomic E-state index is 12.6. The van der Waals surface area contributed by atoms with Gasteiger partial charge in [0.25, 0.3) is 5.91 Å². The van der Waals surface area contributed by atoms with E-state index in [0.717, 1.165) is 41.6 Å². The molecule has 4 heteroatoms. The molecule has 25 heavy (non-hydrogen) atoms. The highest BCUT2D eigenvalue weighted by molar-refractivity contribution is 6.09. The van der Waals surface area contributed by atoms with Crippen LogP contribution >= 0.6 is 0 Å². The van der Waals surface area contributed by atoms with E-state index < -0.39 is 0 Å². The molecule has 1 atom stereocenters. The summed E-state index contributed by atoms with van der Waals surface area (Å²) in [6.07, 6.45) is 2.78. The summed E-state index contributed by atoms with van der Waals surface area (Å²) in [4.78, 5) is 26.4. The number of unbranched alkanes of at least 4 members (excludes halogenated alkanes) is 1. The first kappa shape index (κ1) is 17.2. The largest absolute Gasteiger partial charge is 0.469 e. The number of fused-ring (bicyclic) bond motifs is 1. The molecule has 0 aliphatic carbocycles. The topological polar surface area (TPSA) is 46.6 Å². The zero-order valence-electron chi connectivity index (χ0n) is 14.7. The Bertz CT molecular complexity index is 767. The van der Waals surface area contributed by atoms with Gasteiger partial charge in [-0.2, -0.15) is 0 Å². The van der Waals surface area contributed by atoms with Gasteiger partial charge < -0.3 is 9.64 Å². The van der Waals surface area contributed by atoms with Crippen molar-refractivity contribution in [1.82, 2.24) is 0 Å². The molecule has 0 radical (unpaired) electrons. The van der Waals surface area contributed by atoms with Gasteiger partial charge in [-0.1, -0.05) is 50.1 Å². The zero-order valence-corrected chi connectivity index (χ0v) is 14.7. The molecule has 1 aliphatic heterocycles. The average molecular weight is 337 g/mol. The van der Waals surface area contributed by atoms with Crippen LogP contribution in [0.15, 0.2) is 48.5 Å². The third-order valence-corrected chi connectivity index (χ3v) is 4.76. The number of carbonyl (C=O) groups is 2. The van der Waals surface area contributed by atoms with Gasteiger partial charge in [0.2, 0.25) is 0 Å². The Balaban J connectivity index is 1.80. The Labute approximate surface area is 148 Å². The van der Waals surface area contributed by atoms with Gasteiger partial charge >= 0.3 is 5.97 Å². The molecule has 0 saturated heterocycles. The lowest BCUT2D eigenvalue weighted by Crippen LogP contribution is -2.23. The molecule has 130 valence electrons. The number of hydrogen-bond acceptors (Lipinski definition) is 3. The predicted octanol–water partition coefficient (Wildman–Crippen LogP) is 4.29. The Morgan fingerprint density at radius 2 is 1.88 bits per heavy atom. The van der Waals surface area contributed by atoms with Crippen LogP contribution in [0.1, 0.15) is 53.6 Å². The summed E-state index contributed by atoms with van der Waals surface area (Å²) in [5.41, 5.74) is 3.60. The van der Waals surface area contributed by atoms with Gasteiger partial charge in [-0.25, -0.2) is 0 Å². The van der Waals surface area contributed by atoms with Crippen LogP contribution in [0.25, 0.3) is 0 Å². The lowest BCUT2D eigenvalue weighted by atomic mass is 9.93. The molecule has 2 aromatic rings. The van der Waals surface area contributed by atoms with Gasteiger partial charge in [0.1, 0.15) is 0 Å². The van der Waals surface area contributed by atoms with Crippen molar-refractivity contribution in [1.29, 1.82) is 0 Å². The molecule has 0 aromatic heterocycles. The number of carbonyl (C=O) groups excluding carboxylic acids is 2. The fourth-order valence-corrected chi connectivity index (χ4v) is 3.32. The number of amides is 1. The van der Waals surface area contributed by atoms with Crippen molar-refractivity contribution >= 4 is 17.6 Å². The number of nitrogens with zero attached hydrogens (tertiary/aromatic N) is 1. The third-order valence-electron chi connectivity index (χ3n) is 4.76. The van der Waals surface area contributed by atoms with Crippen LogP contribution < -0.4 is 4.90 Å². The number of hydrogen-bond donors (Lipinski definition) is 0. The van der Waals surface area contributed by atoms with E-state index in [4.69, 9.17) is 4.74 Å². The van der Waals surface area contributed by atoms with E-state index >= 15 is 0 Å². The average Bonchev–Trinajstić information content (AvgIpc) is 2.99. The van der Waals surface area contributed by atoms with Crippen LogP contribution in [0.2, 0.25) is 0 Å². The van der Waals surface area contributed by atoms with Crippen molar-refractivity contribution < 1.29 is 14.3 Å². The predicted molar refractivity (Wildman–Crippen MR) is 97.7 cm³/mol. The summed E-state index contributed by atoms with van der Waals surface area (Å²) in [5, 5.41) is 0. The highest BCUT2D eigenvalue weighted by atomic mass is 16.5. The van der Waals surface area contributed by atoms with E-state index in [1.165, 1.54) is 7.11 Å². The molecule has 4 nitrogen and oxygen atoms in total. The molecular formula is C21H23NO3. The van der Waals surface area contributed by atoms with Crippen molar-refractivity contribution in [2.75, 3.05) is 12.0 Å². The zero-order chi connectivity index (χ0) is 17.8. The van der Waals surface area contributed by atoms with Gasteiger partial charge in [-0.15, -0.1) is 0 Å². The first-order chi connectivity index (χ1) is 12.2. The van der Waals surface area contributed by atoms with Gasteiger partial charge in [0.05, 0.1) is 19.6 Å². The highest BCUT2D eigenvalue weighted by Crippen LogP contribution is 2.30.